The van der Waals surface area contributed by atoms with Crippen LogP contribution in [0.15, 0.2) is 52.9 Å². The number of benzene rings is 2. The molecule has 3 aromatic rings. The molecule has 1 saturated heterocycles. The molecule has 0 bridgehead atoms. The average molecular weight is 442 g/mol. The zero-order valence-electron chi connectivity index (χ0n) is 17.6. The van der Waals surface area contributed by atoms with E-state index in [1.165, 1.54) is 0 Å². The van der Waals surface area contributed by atoms with Crippen LogP contribution in [0.2, 0.25) is 0 Å². The average Bonchev–Trinajstić information content (AvgIpc) is 3.29. The third-order valence-electron chi connectivity index (χ3n) is 5.10. The third-order valence-corrected chi connectivity index (χ3v) is 6.22. The van der Waals surface area contributed by atoms with E-state index in [0.29, 0.717) is 18.4 Å². The maximum atomic E-state index is 10.3. The van der Waals surface area contributed by atoms with E-state index in [0.717, 1.165) is 55.5 Å². The molecule has 2 heterocycles. The van der Waals surface area contributed by atoms with Gasteiger partial charge in [-0.3, -0.25) is 4.90 Å². The van der Waals surface area contributed by atoms with Crippen LogP contribution in [0.3, 0.4) is 0 Å². The van der Waals surface area contributed by atoms with Crippen molar-refractivity contribution in [3.63, 3.8) is 0 Å². The summed E-state index contributed by atoms with van der Waals surface area (Å²) in [5, 5.41) is 18.5. The fourth-order valence-corrected chi connectivity index (χ4v) is 4.39. The van der Waals surface area contributed by atoms with Gasteiger partial charge in [-0.1, -0.05) is 25.1 Å². The van der Waals surface area contributed by atoms with Crippen molar-refractivity contribution in [2.75, 3.05) is 45.2 Å². The molecule has 1 fully saturated rings. The second-order valence-corrected chi connectivity index (χ2v) is 8.55. The maximum Gasteiger partial charge on any atom is 0.247 e. The van der Waals surface area contributed by atoms with Crippen molar-refractivity contribution in [3.05, 3.63) is 60.0 Å². The van der Waals surface area contributed by atoms with Gasteiger partial charge in [0.05, 0.1) is 13.2 Å². The fourth-order valence-electron chi connectivity index (χ4n) is 3.44. The number of morpholine rings is 1. The molecule has 1 aromatic heterocycles. The van der Waals surface area contributed by atoms with Crippen LogP contribution >= 0.6 is 11.8 Å². The number of rotatable bonds is 9. The molecule has 31 heavy (non-hydrogen) atoms. The number of hydrogen-bond acceptors (Lipinski definition) is 8. The molecule has 164 valence electrons. The topological polar surface area (TPSA) is 80.9 Å². The highest BCUT2D eigenvalue weighted by Crippen LogP contribution is 2.39. The van der Waals surface area contributed by atoms with E-state index in [2.05, 4.69) is 22.0 Å². The van der Waals surface area contributed by atoms with Crippen LogP contribution in [0.1, 0.15) is 23.6 Å². The first-order valence-corrected chi connectivity index (χ1v) is 11.6. The summed E-state index contributed by atoms with van der Waals surface area (Å²) in [4.78, 5) is 2.34. The molecule has 1 unspecified atom stereocenters. The van der Waals surface area contributed by atoms with Crippen molar-refractivity contribution in [1.82, 2.24) is 15.1 Å². The van der Waals surface area contributed by atoms with Gasteiger partial charge in [0.1, 0.15) is 23.4 Å². The van der Waals surface area contributed by atoms with Gasteiger partial charge >= 0.3 is 0 Å². The Morgan fingerprint density at radius 1 is 1.10 bits per heavy atom. The molecule has 1 N–H and O–H groups in total. The number of hydrogen-bond donors (Lipinski definition) is 1. The highest BCUT2D eigenvalue weighted by molar-refractivity contribution is 7.99. The van der Waals surface area contributed by atoms with Crippen LogP contribution in [0.5, 0.6) is 11.5 Å². The molecule has 4 rings (SSSR count). The lowest BCUT2D eigenvalue weighted by molar-refractivity contribution is 0.0322. The van der Waals surface area contributed by atoms with Crippen molar-refractivity contribution in [2.24, 2.45) is 0 Å². The van der Waals surface area contributed by atoms with Crippen LogP contribution in [0.4, 0.5) is 0 Å². The summed E-state index contributed by atoms with van der Waals surface area (Å²) in [6.45, 7) is 7.10. The smallest absolute Gasteiger partial charge is 0.247 e. The monoisotopic (exact) mass is 441 g/mol. The van der Waals surface area contributed by atoms with Gasteiger partial charge in [-0.2, -0.15) is 0 Å². The number of para-hydroxylation sites is 1. The Hall–Kier alpha value is -2.55. The second kappa shape index (κ2) is 10.7. The highest BCUT2D eigenvalue weighted by atomic mass is 32.2. The minimum atomic E-state index is -0.213. The van der Waals surface area contributed by atoms with Gasteiger partial charge in [0, 0.05) is 30.8 Å². The SMILES string of the molecule is CCSC(c1nnc(-c2ccc(OCCN3CCOCC3)cc2)o1)c1ccccc1O. The van der Waals surface area contributed by atoms with Crippen molar-refractivity contribution < 1.29 is 19.0 Å². The predicted octanol–water partition coefficient (Wildman–Crippen LogP) is 4.00. The number of nitrogens with zero attached hydrogens (tertiary/aromatic N) is 3. The first-order chi connectivity index (χ1) is 15.2. The quantitative estimate of drug-likeness (QED) is 0.534. The minimum absolute atomic E-state index is 0.213. The lowest BCUT2D eigenvalue weighted by atomic mass is 10.1. The molecule has 0 amide bonds. The first kappa shape index (κ1) is 21.7. The maximum absolute atomic E-state index is 10.3. The van der Waals surface area contributed by atoms with Crippen LogP contribution in [0, 0.1) is 0 Å². The van der Waals surface area contributed by atoms with Gasteiger partial charge in [-0.05, 0) is 36.1 Å². The fraction of sp³-hybridized carbons (Fsp3) is 0.391. The van der Waals surface area contributed by atoms with Gasteiger partial charge in [0.15, 0.2) is 0 Å². The molecule has 0 spiro atoms. The van der Waals surface area contributed by atoms with Crippen molar-refractivity contribution in [3.8, 4) is 23.0 Å². The minimum Gasteiger partial charge on any atom is -0.508 e. The Labute approximate surface area is 186 Å². The number of phenols is 1. The van der Waals surface area contributed by atoms with Crippen molar-refractivity contribution >= 4 is 11.8 Å². The molecular weight excluding hydrogens is 414 g/mol. The van der Waals surface area contributed by atoms with E-state index < -0.39 is 0 Å². The molecule has 1 aliphatic rings. The number of aromatic hydroxyl groups is 1. The van der Waals surface area contributed by atoms with Gasteiger partial charge in [-0.25, -0.2) is 0 Å². The molecule has 7 nitrogen and oxygen atoms in total. The van der Waals surface area contributed by atoms with Crippen molar-refractivity contribution in [1.29, 1.82) is 0 Å². The summed E-state index contributed by atoms with van der Waals surface area (Å²) in [6, 6.07) is 14.9. The third kappa shape index (κ3) is 5.58. The molecule has 0 aliphatic carbocycles. The first-order valence-electron chi connectivity index (χ1n) is 10.5. The van der Waals surface area contributed by atoms with Crippen LogP contribution in [-0.4, -0.2) is 65.4 Å². The molecular formula is C23H27N3O4S. The number of aromatic nitrogens is 2. The van der Waals surface area contributed by atoms with E-state index >= 15 is 0 Å². The molecule has 2 aromatic carbocycles. The number of ether oxygens (including phenoxy) is 2. The highest BCUT2D eigenvalue weighted by Gasteiger charge is 2.24. The lowest BCUT2D eigenvalue weighted by Crippen LogP contribution is -2.38. The van der Waals surface area contributed by atoms with Crippen LogP contribution in [-0.2, 0) is 4.74 Å². The van der Waals surface area contributed by atoms with Gasteiger partial charge in [0.2, 0.25) is 11.8 Å². The van der Waals surface area contributed by atoms with Crippen molar-refractivity contribution in [2.45, 2.75) is 12.2 Å². The Kier molecular flexibility index (Phi) is 7.45. The lowest BCUT2D eigenvalue weighted by Gasteiger charge is -2.26. The van der Waals surface area contributed by atoms with E-state index in [-0.39, 0.29) is 11.0 Å². The molecule has 0 saturated carbocycles. The normalized spacial score (nSPS) is 15.6. The van der Waals surface area contributed by atoms with Gasteiger partial charge < -0.3 is 19.0 Å². The Morgan fingerprint density at radius 2 is 1.87 bits per heavy atom. The standard InChI is InChI=1S/C23H27N3O4S/c1-2-31-21(19-5-3-4-6-20(19)27)23-25-24-22(30-23)17-7-9-18(10-8-17)29-16-13-26-11-14-28-15-12-26/h3-10,21,27H,2,11-16H2,1H3. The number of thioether (sulfide) groups is 1. The summed E-state index contributed by atoms with van der Waals surface area (Å²) in [5.74, 6) is 2.83. The Bertz CT molecular complexity index is 957. The summed E-state index contributed by atoms with van der Waals surface area (Å²) in [5.41, 5.74) is 1.60. The molecule has 1 atom stereocenters. The largest absolute Gasteiger partial charge is 0.508 e. The van der Waals surface area contributed by atoms with Crippen LogP contribution in [0.25, 0.3) is 11.5 Å². The summed E-state index contributed by atoms with van der Waals surface area (Å²) in [7, 11) is 0. The van der Waals surface area contributed by atoms with Gasteiger partial charge in [0.25, 0.3) is 0 Å². The Balaban J connectivity index is 1.40. The molecule has 0 radical (unpaired) electrons. The zero-order chi connectivity index (χ0) is 21.5. The van der Waals surface area contributed by atoms with E-state index in [9.17, 15) is 5.11 Å². The predicted molar refractivity (Wildman–Crippen MR) is 121 cm³/mol. The summed E-state index contributed by atoms with van der Waals surface area (Å²) < 4.78 is 17.2. The van der Waals surface area contributed by atoms with Gasteiger partial charge in [-0.15, -0.1) is 22.0 Å². The summed E-state index contributed by atoms with van der Waals surface area (Å²) >= 11 is 1.64. The zero-order valence-corrected chi connectivity index (χ0v) is 18.4. The molecule has 8 heteroatoms. The van der Waals surface area contributed by atoms with E-state index in [1.54, 1.807) is 23.9 Å². The van der Waals surface area contributed by atoms with E-state index in [1.807, 2.05) is 36.4 Å². The van der Waals surface area contributed by atoms with Crippen LogP contribution < -0.4 is 4.74 Å². The van der Waals surface area contributed by atoms with E-state index in [4.69, 9.17) is 13.9 Å². The number of phenolic OH excluding ortho intramolecular Hbond substituents is 1. The molecule has 1 aliphatic heterocycles. The second-order valence-electron chi connectivity index (χ2n) is 7.17. The Morgan fingerprint density at radius 3 is 2.61 bits per heavy atom. The summed E-state index contributed by atoms with van der Waals surface area (Å²) in [6.07, 6.45) is 0.